The van der Waals surface area contributed by atoms with Gasteiger partial charge in [0.2, 0.25) is 15.9 Å². The highest BCUT2D eigenvalue weighted by Crippen LogP contribution is 2.43. The fourth-order valence-electron chi connectivity index (χ4n) is 4.39. The third kappa shape index (κ3) is 6.71. The number of aliphatic hydroxyl groups is 1. The number of alkyl halides is 5. The number of rotatable bonds is 8. The number of aromatic nitrogens is 3. The van der Waals surface area contributed by atoms with E-state index in [9.17, 15) is 40.3 Å². The molecule has 3 heterocycles. The predicted octanol–water partition coefficient (Wildman–Crippen LogP) is 5.41. The Kier molecular flexibility index (Phi) is 8.99. The van der Waals surface area contributed by atoms with Crippen molar-refractivity contribution in [3.05, 3.63) is 35.1 Å². The molecule has 43 heavy (non-hydrogen) atoms. The van der Waals surface area contributed by atoms with Crippen molar-refractivity contribution < 1.29 is 49.1 Å². The molecule has 1 aromatic carbocycles. The van der Waals surface area contributed by atoms with Gasteiger partial charge < -0.3 is 14.4 Å². The minimum absolute atomic E-state index is 0.135. The molecule has 2 atom stereocenters. The highest BCUT2D eigenvalue weighted by Gasteiger charge is 2.41. The third-order valence-electron chi connectivity index (χ3n) is 6.74. The van der Waals surface area contributed by atoms with Crippen LogP contribution in [0.25, 0.3) is 21.3 Å². The van der Waals surface area contributed by atoms with Crippen LogP contribution >= 0.6 is 11.3 Å². The quantitative estimate of drug-likeness (QED) is 0.308. The average Bonchev–Trinajstić information content (AvgIpc) is 3.55. The highest BCUT2D eigenvalue weighted by atomic mass is 32.2. The number of hydrogen-bond donors (Lipinski definition) is 2. The Morgan fingerprint density at radius 1 is 1.21 bits per heavy atom. The lowest BCUT2D eigenvalue weighted by atomic mass is 10.0. The number of hydrogen-bond acceptors (Lipinski definition) is 9. The van der Waals surface area contributed by atoms with E-state index in [0.717, 1.165) is 12.5 Å². The van der Waals surface area contributed by atoms with Gasteiger partial charge in [-0.15, -0.1) is 21.5 Å². The van der Waals surface area contributed by atoms with Crippen LogP contribution in [-0.4, -0.2) is 64.3 Å². The molecule has 0 bridgehead atoms. The van der Waals surface area contributed by atoms with Crippen LogP contribution in [0.15, 0.2) is 21.4 Å². The second-order valence-electron chi connectivity index (χ2n) is 10.5. The van der Waals surface area contributed by atoms with E-state index < -0.39 is 62.0 Å². The maximum atomic E-state index is 15.6. The maximum Gasteiger partial charge on any atom is 0.404 e. The molecule has 1 fully saturated rings. The molecule has 1 aliphatic heterocycles. The lowest BCUT2D eigenvalue weighted by Gasteiger charge is -2.33. The van der Waals surface area contributed by atoms with Gasteiger partial charge in [0.1, 0.15) is 22.2 Å². The van der Waals surface area contributed by atoms with Gasteiger partial charge in [0.25, 0.3) is 18.2 Å². The molecule has 1 aliphatic rings. The molecule has 2 unspecified atom stereocenters. The largest absolute Gasteiger partial charge is 0.415 e. The summed E-state index contributed by atoms with van der Waals surface area (Å²) in [4.78, 5) is 17.7. The second kappa shape index (κ2) is 11.8. The Bertz CT molecular complexity index is 1620. The summed E-state index contributed by atoms with van der Waals surface area (Å²) in [6.45, 7) is 5.31. The third-order valence-corrected chi connectivity index (χ3v) is 9.38. The average molecular weight is 656 g/mol. The van der Waals surface area contributed by atoms with Crippen molar-refractivity contribution in [3.8, 4) is 21.3 Å². The maximum absolute atomic E-state index is 15.6. The number of likely N-dealkylation sites (tertiary alicyclic amines) is 1. The topological polar surface area (TPSA) is 139 Å². The molecule has 1 saturated heterocycles. The molecule has 0 spiro atoms. The lowest BCUT2D eigenvalue weighted by Crippen LogP contribution is -2.43. The highest BCUT2D eigenvalue weighted by molar-refractivity contribution is 7.89. The van der Waals surface area contributed by atoms with Crippen LogP contribution in [0.2, 0.25) is 0 Å². The summed E-state index contributed by atoms with van der Waals surface area (Å²) in [6, 6.07) is -1.57. The van der Waals surface area contributed by atoms with Gasteiger partial charge in [-0.05, 0) is 53.0 Å². The number of thiazole rings is 1. The Balaban J connectivity index is 1.90. The van der Waals surface area contributed by atoms with Gasteiger partial charge in [-0.2, -0.15) is 17.9 Å². The van der Waals surface area contributed by atoms with Crippen molar-refractivity contribution in [2.45, 2.75) is 82.1 Å². The lowest BCUT2D eigenvalue weighted by molar-refractivity contribution is -0.147. The first-order valence-corrected chi connectivity index (χ1v) is 15.2. The van der Waals surface area contributed by atoms with Crippen molar-refractivity contribution in [3.63, 3.8) is 0 Å². The Morgan fingerprint density at radius 2 is 1.88 bits per heavy atom. The van der Waals surface area contributed by atoms with Gasteiger partial charge in [0.05, 0.1) is 10.4 Å². The van der Waals surface area contributed by atoms with Crippen LogP contribution in [0, 0.1) is 5.82 Å². The predicted molar refractivity (Wildman–Crippen MR) is 141 cm³/mol. The van der Waals surface area contributed by atoms with Gasteiger partial charge in [-0.1, -0.05) is 6.07 Å². The monoisotopic (exact) mass is 655 g/mol. The van der Waals surface area contributed by atoms with E-state index in [2.05, 4.69) is 15.2 Å². The standard InChI is InChI=1S/C25H27F6N5O5S2/c1-11-7-5-6-10-36(11)22(37)17-18(42-21(32-17)20-33-34-23(41-20)24(3,4)38)13-8-9-14(16(26)15(13)19(27)28)43(39,40)35-12(2)25(29,30)31/h8-9,11-12,19,35,38H,5-7,10H2,1-4H3. The molecule has 236 valence electrons. The number of nitrogens with one attached hydrogen (secondary N) is 1. The number of nitrogens with zero attached hydrogens (tertiary/aromatic N) is 4. The fourth-order valence-corrected chi connectivity index (χ4v) is 6.72. The van der Waals surface area contributed by atoms with Crippen LogP contribution < -0.4 is 4.72 Å². The number of amides is 1. The zero-order valence-electron chi connectivity index (χ0n) is 23.2. The number of carbonyl (C=O) groups excluding carboxylic acids is 1. The van der Waals surface area contributed by atoms with Crippen molar-refractivity contribution in [1.29, 1.82) is 0 Å². The molecule has 3 aromatic rings. The molecule has 1 amide bonds. The molecule has 0 radical (unpaired) electrons. The SMILES string of the molecule is CC1CCCCN1C(=O)c1nc(-c2nnc(C(C)(C)O)o2)sc1-c1ccc(S(=O)(=O)NC(C)C(F)(F)F)c(F)c1C(F)F. The number of piperidine rings is 1. The van der Waals surface area contributed by atoms with Crippen LogP contribution in [0.5, 0.6) is 0 Å². The molecule has 2 N–H and O–H groups in total. The summed E-state index contributed by atoms with van der Waals surface area (Å²) in [5, 5.41) is 17.6. The molecule has 10 nitrogen and oxygen atoms in total. The van der Waals surface area contributed by atoms with Crippen LogP contribution in [0.3, 0.4) is 0 Å². The van der Waals surface area contributed by atoms with Crippen LogP contribution in [0.1, 0.15) is 75.3 Å². The van der Waals surface area contributed by atoms with E-state index in [0.29, 0.717) is 43.7 Å². The Hall–Kier alpha value is -3.09. The summed E-state index contributed by atoms with van der Waals surface area (Å²) in [6.07, 6.45) is -6.52. The smallest absolute Gasteiger partial charge is 0.404 e. The Labute approximate surface area is 246 Å². The normalized spacial score (nSPS) is 17.5. The first kappa shape index (κ1) is 32.8. The zero-order chi connectivity index (χ0) is 32.1. The minimum atomic E-state index is -5.25. The first-order valence-electron chi connectivity index (χ1n) is 12.9. The first-order chi connectivity index (χ1) is 19.8. The molecule has 2 aromatic heterocycles. The summed E-state index contributed by atoms with van der Waals surface area (Å²) >= 11 is 0.601. The molecular formula is C25H27F6N5O5S2. The van der Waals surface area contributed by atoms with Crippen molar-refractivity contribution in [2.24, 2.45) is 0 Å². The zero-order valence-corrected chi connectivity index (χ0v) is 24.8. The van der Waals surface area contributed by atoms with Crippen molar-refractivity contribution >= 4 is 27.3 Å². The van der Waals surface area contributed by atoms with E-state index in [1.807, 2.05) is 0 Å². The number of carbonyl (C=O) groups is 1. The van der Waals surface area contributed by atoms with Gasteiger partial charge in [0, 0.05) is 18.2 Å². The van der Waals surface area contributed by atoms with E-state index >= 15 is 4.39 Å². The fraction of sp³-hybridized carbons (Fsp3) is 0.520. The molecular weight excluding hydrogens is 628 g/mol. The summed E-state index contributed by atoms with van der Waals surface area (Å²) in [7, 11) is -5.25. The van der Waals surface area contributed by atoms with Gasteiger partial charge in [-0.3, -0.25) is 4.79 Å². The van der Waals surface area contributed by atoms with E-state index in [1.165, 1.54) is 23.5 Å². The van der Waals surface area contributed by atoms with Crippen molar-refractivity contribution in [1.82, 2.24) is 24.8 Å². The van der Waals surface area contributed by atoms with Crippen molar-refractivity contribution in [2.75, 3.05) is 6.54 Å². The summed E-state index contributed by atoms with van der Waals surface area (Å²) in [5.74, 6) is -3.16. The summed E-state index contributed by atoms with van der Waals surface area (Å²) < 4.78 is 115. The van der Waals surface area contributed by atoms with Gasteiger partial charge in [0.15, 0.2) is 10.8 Å². The van der Waals surface area contributed by atoms with Crippen LogP contribution in [-0.2, 0) is 15.6 Å². The number of halogens is 6. The van der Waals surface area contributed by atoms with E-state index in [1.54, 1.807) is 6.92 Å². The molecule has 18 heteroatoms. The van der Waals surface area contributed by atoms with E-state index in [-0.39, 0.29) is 33.4 Å². The van der Waals surface area contributed by atoms with Gasteiger partial charge >= 0.3 is 6.18 Å². The van der Waals surface area contributed by atoms with E-state index in [4.69, 9.17) is 4.42 Å². The molecule has 0 saturated carbocycles. The van der Waals surface area contributed by atoms with Crippen LogP contribution in [0.4, 0.5) is 26.3 Å². The molecule has 0 aliphatic carbocycles. The number of benzene rings is 1. The molecule has 4 rings (SSSR count). The van der Waals surface area contributed by atoms with Gasteiger partial charge in [-0.25, -0.2) is 26.6 Å². The Morgan fingerprint density at radius 3 is 2.44 bits per heavy atom. The number of sulfonamides is 1. The summed E-state index contributed by atoms with van der Waals surface area (Å²) in [5.41, 5.74) is -3.99. The minimum Gasteiger partial charge on any atom is -0.415 e. The second-order valence-corrected chi connectivity index (χ2v) is 13.2.